The zero-order chi connectivity index (χ0) is 14.7. The average Bonchev–Trinajstić information content (AvgIpc) is 3.25. The van der Waals surface area contributed by atoms with Crippen LogP contribution in [-0.2, 0) is 6.54 Å². The minimum atomic E-state index is -0.174. The molecule has 1 fully saturated rings. The monoisotopic (exact) mass is 285 g/mol. The van der Waals surface area contributed by atoms with E-state index >= 15 is 0 Å². The molecule has 0 unspecified atom stereocenters. The summed E-state index contributed by atoms with van der Waals surface area (Å²) in [7, 11) is 0. The summed E-state index contributed by atoms with van der Waals surface area (Å²) in [6, 6.07) is 9.85. The van der Waals surface area contributed by atoms with Gasteiger partial charge in [-0.05, 0) is 18.4 Å². The maximum Gasteiger partial charge on any atom is 0.293 e. The Balaban J connectivity index is 1.73. The molecular weight excluding hydrogens is 266 g/mol. The van der Waals surface area contributed by atoms with Crippen molar-refractivity contribution >= 4 is 5.91 Å². The first-order valence-electron chi connectivity index (χ1n) is 7.23. The molecule has 1 amide bonds. The fraction of sp³-hybridized carbons (Fsp3) is 0.400. The van der Waals surface area contributed by atoms with Gasteiger partial charge in [0.15, 0.2) is 0 Å². The molecule has 0 atom stereocenters. The molecule has 6 heteroatoms. The van der Waals surface area contributed by atoms with Crippen LogP contribution in [0.25, 0.3) is 0 Å². The van der Waals surface area contributed by atoms with Crippen molar-refractivity contribution in [1.82, 2.24) is 20.1 Å². The van der Waals surface area contributed by atoms with Crippen LogP contribution in [0.3, 0.4) is 0 Å². The van der Waals surface area contributed by atoms with Crippen LogP contribution < -0.4 is 5.73 Å². The summed E-state index contributed by atoms with van der Waals surface area (Å²) in [6.07, 6.45) is 2.25. The second kappa shape index (κ2) is 6.05. The Hall–Kier alpha value is -2.21. The number of amides is 1. The highest BCUT2D eigenvalue weighted by Gasteiger charge is 2.29. The minimum Gasteiger partial charge on any atom is -0.330 e. The summed E-state index contributed by atoms with van der Waals surface area (Å²) < 4.78 is 0. The van der Waals surface area contributed by atoms with Gasteiger partial charge in [0.25, 0.3) is 5.91 Å². The number of benzene rings is 1. The van der Waals surface area contributed by atoms with Crippen LogP contribution in [-0.4, -0.2) is 39.1 Å². The van der Waals surface area contributed by atoms with Crippen molar-refractivity contribution in [3.63, 3.8) is 0 Å². The van der Waals surface area contributed by atoms with Crippen molar-refractivity contribution in [2.24, 2.45) is 5.73 Å². The second-order valence-electron chi connectivity index (χ2n) is 5.32. The lowest BCUT2D eigenvalue weighted by Crippen LogP contribution is -2.35. The number of rotatable bonds is 6. The number of hydrogen-bond acceptors (Lipinski definition) is 4. The largest absolute Gasteiger partial charge is 0.330 e. The van der Waals surface area contributed by atoms with E-state index in [1.807, 2.05) is 30.3 Å². The van der Waals surface area contributed by atoms with E-state index < -0.39 is 0 Å². The number of aromatic amines is 1. The zero-order valence-corrected chi connectivity index (χ0v) is 11.8. The Morgan fingerprint density at radius 1 is 1.33 bits per heavy atom. The SMILES string of the molecule is NCCN(Cc1ccccc1)C(=O)c1n[nH]c(C2CC2)n1. The topological polar surface area (TPSA) is 87.9 Å². The first-order valence-corrected chi connectivity index (χ1v) is 7.23. The van der Waals surface area contributed by atoms with Gasteiger partial charge in [0, 0.05) is 25.6 Å². The minimum absolute atomic E-state index is 0.174. The molecule has 0 saturated heterocycles. The zero-order valence-electron chi connectivity index (χ0n) is 11.8. The van der Waals surface area contributed by atoms with Gasteiger partial charge in [0.2, 0.25) is 5.82 Å². The number of nitrogens with one attached hydrogen (secondary N) is 1. The van der Waals surface area contributed by atoms with Gasteiger partial charge < -0.3 is 10.6 Å². The molecule has 1 aromatic carbocycles. The van der Waals surface area contributed by atoms with Crippen LogP contribution in [0.2, 0.25) is 0 Å². The maximum absolute atomic E-state index is 12.5. The lowest BCUT2D eigenvalue weighted by atomic mass is 10.2. The van der Waals surface area contributed by atoms with Gasteiger partial charge in [-0.1, -0.05) is 30.3 Å². The maximum atomic E-state index is 12.5. The van der Waals surface area contributed by atoms with E-state index in [-0.39, 0.29) is 11.7 Å². The summed E-state index contributed by atoms with van der Waals surface area (Å²) in [5.41, 5.74) is 6.69. The number of carbonyl (C=O) groups excluding carboxylic acids is 1. The van der Waals surface area contributed by atoms with Gasteiger partial charge in [-0.15, -0.1) is 5.10 Å². The van der Waals surface area contributed by atoms with Gasteiger partial charge in [-0.3, -0.25) is 9.89 Å². The predicted molar refractivity (Wildman–Crippen MR) is 78.6 cm³/mol. The van der Waals surface area contributed by atoms with Crippen molar-refractivity contribution in [2.45, 2.75) is 25.3 Å². The molecule has 1 aliphatic rings. The highest BCUT2D eigenvalue weighted by molar-refractivity contribution is 5.90. The highest BCUT2D eigenvalue weighted by Crippen LogP contribution is 2.37. The van der Waals surface area contributed by atoms with E-state index in [2.05, 4.69) is 15.2 Å². The van der Waals surface area contributed by atoms with Crippen LogP contribution in [0.5, 0.6) is 0 Å². The lowest BCUT2D eigenvalue weighted by molar-refractivity contribution is 0.0736. The van der Waals surface area contributed by atoms with Crippen molar-refractivity contribution < 1.29 is 4.79 Å². The van der Waals surface area contributed by atoms with Crippen LogP contribution in [0, 0.1) is 0 Å². The Labute approximate surface area is 123 Å². The molecule has 110 valence electrons. The molecule has 3 rings (SSSR count). The smallest absolute Gasteiger partial charge is 0.293 e. The molecule has 0 spiro atoms. The van der Waals surface area contributed by atoms with E-state index in [1.54, 1.807) is 4.90 Å². The predicted octanol–water partition coefficient (Wildman–Crippen LogP) is 1.28. The average molecular weight is 285 g/mol. The summed E-state index contributed by atoms with van der Waals surface area (Å²) >= 11 is 0. The Morgan fingerprint density at radius 3 is 2.76 bits per heavy atom. The van der Waals surface area contributed by atoms with Crippen molar-refractivity contribution in [3.8, 4) is 0 Å². The van der Waals surface area contributed by atoms with Gasteiger partial charge in [0.05, 0.1) is 0 Å². The van der Waals surface area contributed by atoms with Crippen molar-refractivity contribution in [3.05, 3.63) is 47.5 Å². The summed E-state index contributed by atoms with van der Waals surface area (Å²) in [4.78, 5) is 18.5. The van der Waals surface area contributed by atoms with E-state index in [4.69, 9.17) is 5.73 Å². The first-order chi connectivity index (χ1) is 10.3. The van der Waals surface area contributed by atoms with Crippen molar-refractivity contribution in [1.29, 1.82) is 0 Å². The Kier molecular flexibility index (Phi) is 3.96. The second-order valence-corrected chi connectivity index (χ2v) is 5.32. The van der Waals surface area contributed by atoms with Gasteiger partial charge in [0.1, 0.15) is 5.82 Å². The normalized spacial score (nSPS) is 14.1. The first kappa shape index (κ1) is 13.8. The number of nitrogens with zero attached hydrogens (tertiary/aromatic N) is 3. The van der Waals surface area contributed by atoms with E-state index in [0.29, 0.717) is 25.6 Å². The van der Waals surface area contributed by atoms with Crippen LogP contribution in [0.4, 0.5) is 0 Å². The fourth-order valence-electron chi connectivity index (χ4n) is 2.26. The summed E-state index contributed by atoms with van der Waals surface area (Å²) in [6.45, 7) is 1.42. The summed E-state index contributed by atoms with van der Waals surface area (Å²) in [5, 5.41) is 6.92. The lowest BCUT2D eigenvalue weighted by Gasteiger charge is -2.20. The molecule has 1 aliphatic carbocycles. The molecule has 3 N–H and O–H groups in total. The number of carbonyl (C=O) groups is 1. The number of aromatic nitrogens is 3. The van der Waals surface area contributed by atoms with Crippen molar-refractivity contribution in [2.75, 3.05) is 13.1 Å². The fourth-order valence-corrected chi connectivity index (χ4v) is 2.26. The quantitative estimate of drug-likeness (QED) is 0.837. The molecule has 6 nitrogen and oxygen atoms in total. The standard InChI is InChI=1S/C15H19N5O/c16-8-9-20(10-11-4-2-1-3-5-11)15(21)14-17-13(18-19-14)12-6-7-12/h1-5,12H,6-10,16H2,(H,17,18,19). The molecular formula is C15H19N5O. The third-order valence-corrected chi connectivity index (χ3v) is 3.56. The number of hydrogen-bond donors (Lipinski definition) is 2. The number of H-pyrrole nitrogens is 1. The van der Waals surface area contributed by atoms with Crippen LogP contribution in [0.1, 0.15) is 40.8 Å². The molecule has 21 heavy (non-hydrogen) atoms. The molecule has 1 aromatic heterocycles. The van der Waals surface area contributed by atoms with E-state index in [9.17, 15) is 4.79 Å². The van der Waals surface area contributed by atoms with Gasteiger partial charge in [-0.25, -0.2) is 4.98 Å². The van der Waals surface area contributed by atoms with E-state index in [1.165, 1.54) is 0 Å². The molecule has 2 aromatic rings. The van der Waals surface area contributed by atoms with Crippen LogP contribution in [0.15, 0.2) is 30.3 Å². The van der Waals surface area contributed by atoms with Crippen LogP contribution >= 0.6 is 0 Å². The highest BCUT2D eigenvalue weighted by atomic mass is 16.2. The summed E-state index contributed by atoms with van der Waals surface area (Å²) in [5.74, 6) is 1.34. The van der Waals surface area contributed by atoms with E-state index in [0.717, 1.165) is 24.2 Å². The number of nitrogens with two attached hydrogens (primary N) is 1. The van der Waals surface area contributed by atoms with Gasteiger partial charge in [-0.2, -0.15) is 0 Å². The van der Waals surface area contributed by atoms with Gasteiger partial charge >= 0.3 is 0 Å². The third kappa shape index (κ3) is 3.28. The molecule has 1 saturated carbocycles. The molecule has 1 heterocycles. The molecule has 0 bridgehead atoms. The molecule has 0 radical (unpaired) electrons. The Morgan fingerprint density at radius 2 is 2.10 bits per heavy atom. The third-order valence-electron chi connectivity index (χ3n) is 3.56. The molecule has 0 aliphatic heterocycles. The Bertz CT molecular complexity index is 606.